The van der Waals surface area contributed by atoms with Crippen LogP contribution >= 0.6 is 0 Å². The lowest BCUT2D eigenvalue weighted by Crippen LogP contribution is -2.02. The van der Waals surface area contributed by atoms with Gasteiger partial charge < -0.3 is 4.57 Å². The molecule has 1 heterocycles. The first kappa shape index (κ1) is 16.3. The Labute approximate surface area is 144 Å². The fourth-order valence-electron chi connectivity index (χ4n) is 3.33. The van der Waals surface area contributed by atoms with Gasteiger partial charge in [0.15, 0.2) is 0 Å². The molecule has 0 aliphatic carbocycles. The molecule has 0 saturated heterocycles. The summed E-state index contributed by atoms with van der Waals surface area (Å²) >= 11 is 0. The summed E-state index contributed by atoms with van der Waals surface area (Å²) in [6, 6.07) is 17.9. The first-order valence-corrected chi connectivity index (χ1v) is 8.62. The van der Waals surface area contributed by atoms with Gasteiger partial charge in [-0.1, -0.05) is 60.2 Å². The van der Waals surface area contributed by atoms with Crippen molar-refractivity contribution in [1.29, 1.82) is 0 Å². The first-order chi connectivity index (χ1) is 11.6. The Morgan fingerprint density at radius 1 is 0.958 bits per heavy atom. The van der Waals surface area contributed by atoms with Crippen LogP contribution in [0.4, 0.5) is 0 Å². The van der Waals surface area contributed by atoms with E-state index in [0.29, 0.717) is 6.04 Å². The zero-order chi connectivity index (χ0) is 17.1. The van der Waals surface area contributed by atoms with Crippen LogP contribution in [0.1, 0.15) is 38.1 Å². The minimum absolute atomic E-state index is 0.401. The summed E-state index contributed by atoms with van der Waals surface area (Å²) in [4.78, 5) is 0. The molecular weight excluding hydrogens is 290 g/mol. The fourth-order valence-corrected chi connectivity index (χ4v) is 3.33. The molecule has 0 bridgehead atoms. The first-order valence-electron chi connectivity index (χ1n) is 8.62. The highest BCUT2D eigenvalue weighted by Crippen LogP contribution is 2.38. The van der Waals surface area contributed by atoms with Gasteiger partial charge in [-0.25, -0.2) is 0 Å². The predicted octanol–water partition coefficient (Wildman–Crippen LogP) is 6.79. The summed E-state index contributed by atoms with van der Waals surface area (Å²) < 4.78 is 2.44. The van der Waals surface area contributed by atoms with Crippen molar-refractivity contribution in [2.75, 3.05) is 0 Å². The van der Waals surface area contributed by atoms with Crippen molar-refractivity contribution in [3.8, 4) is 11.1 Å². The van der Waals surface area contributed by atoms with Crippen LogP contribution in [0, 0.1) is 6.92 Å². The van der Waals surface area contributed by atoms with Gasteiger partial charge in [0.25, 0.3) is 0 Å². The molecule has 0 atom stereocenters. The molecule has 0 N–H and O–H groups in total. The van der Waals surface area contributed by atoms with Gasteiger partial charge in [0, 0.05) is 28.2 Å². The lowest BCUT2D eigenvalue weighted by Gasteiger charge is -2.13. The maximum atomic E-state index is 2.44. The molecule has 0 fully saturated rings. The molecule has 0 amide bonds. The van der Waals surface area contributed by atoms with E-state index in [9.17, 15) is 0 Å². The lowest BCUT2D eigenvalue weighted by molar-refractivity contribution is 0.619. The van der Waals surface area contributed by atoms with Crippen molar-refractivity contribution >= 4 is 17.0 Å². The minimum Gasteiger partial charge on any atom is -0.338 e. The Morgan fingerprint density at radius 2 is 1.71 bits per heavy atom. The molecule has 0 spiro atoms. The summed E-state index contributed by atoms with van der Waals surface area (Å²) in [5.74, 6) is 0. The van der Waals surface area contributed by atoms with Crippen LogP contribution in [0.15, 0.2) is 66.8 Å². The highest BCUT2D eigenvalue weighted by molar-refractivity contribution is 6.01. The number of benzene rings is 2. The summed E-state index contributed by atoms with van der Waals surface area (Å²) in [5.41, 5.74) is 6.46. The zero-order valence-electron chi connectivity index (χ0n) is 15.0. The van der Waals surface area contributed by atoms with Gasteiger partial charge in [-0.3, -0.25) is 0 Å². The normalized spacial score (nSPS) is 12.2. The van der Waals surface area contributed by atoms with E-state index < -0.39 is 0 Å². The van der Waals surface area contributed by atoms with Gasteiger partial charge in [0.1, 0.15) is 0 Å². The second-order valence-electron chi connectivity index (χ2n) is 6.50. The Balaban J connectivity index is 2.41. The van der Waals surface area contributed by atoms with Crippen molar-refractivity contribution in [1.82, 2.24) is 4.57 Å². The summed E-state index contributed by atoms with van der Waals surface area (Å²) in [5, 5.41) is 1.33. The quantitative estimate of drug-likeness (QED) is 0.467. The lowest BCUT2D eigenvalue weighted by atomic mass is 10.0. The number of aryl methyl sites for hydroxylation is 1. The standard InChI is InChI=1S/C23H25N/c1-5-6-8-13-22-23(19-11-9-7-10-12-19)20-16-18(4)14-15-21(20)24(22)17(2)3/h5-17H,1-4H3/b6-5+,13-8+. The Hall–Kier alpha value is -2.54. The van der Waals surface area contributed by atoms with Crippen LogP contribution in [0.2, 0.25) is 0 Å². The average Bonchev–Trinajstić information content (AvgIpc) is 2.89. The molecule has 0 aliphatic heterocycles. The SMILES string of the molecule is C/C=C/C=C/c1c(-c2ccccc2)c2cc(C)ccc2n1C(C)C. The molecular formula is C23H25N. The van der Waals surface area contributed by atoms with E-state index in [4.69, 9.17) is 0 Å². The topological polar surface area (TPSA) is 4.93 Å². The van der Waals surface area contributed by atoms with E-state index in [2.05, 4.69) is 98.2 Å². The number of allylic oxidation sites excluding steroid dienone is 3. The summed E-state index contributed by atoms with van der Waals surface area (Å²) in [7, 11) is 0. The van der Waals surface area contributed by atoms with Crippen LogP contribution < -0.4 is 0 Å². The van der Waals surface area contributed by atoms with Gasteiger partial charge in [-0.05, 0) is 51.5 Å². The van der Waals surface area contributed by atoms with Gasteiger partial charge in [0.05, 0.1) is 0 Å². The van der Waals surface area contributed by atoms with Gasteiger partial charge in [-0.2, -0.15) is 0 Å². The fraction of sp³-hybridized carbons (Fsp3) is 0.217. The highest BCUT2D eigenvalue weighted by atomic mass is 15.0. The van der Waals surface area contributed by atoms with Crippen molar-refractivity contribution in [3.63, 3.8) is 0 Å². The van der Waals surface area contributed by atoms with Crippen LogP contribution in [-0.4, -0.2) is 4.57 Å². The summed E-state index contributed by atoms with van der Waals surface area (Å²) in [6.07, 6.45) is 8.51. The zero-order valence-corrected chi connectivity index (χ0v) is 15.0. The van der Waals surface area contributed by atoms with Crippen LogP contribution in [0.25, 0.3) is 28.1 Å². The minimum atomic E-state index is 0.401. The molecule has 0 unspecified atom stereocenters. The number of fused-ring (bicyclic) bond motifs is 1. The molecule has 2 aromatic carbocycles. The average molecular weight is 315 g/mol. The van der Waals surface area contributed by atoms with Crippen LogP contribution in [-0.2, 0) is 0 Å². The van der Waals surface area contributed by atoms with Crippen LogP contribution in [0.5, 0.6) is 0 Å². The Morgan fingerprint density at radius 3 is 2.38 bits per heavy atom. The largest absolute Gasteiger partial charge is 0.338 e. The van der Waals surface area contributed by atoms with Gasteiger partial charge in [0.2, 0.25) is 0 Å². The van der Waals surface area contributed by atoms with E-state index in [0.717, 1.165) is 0 Å². The third kappa shape index (κ3) is 2.94. The molecule has 122 valence electrons. The maximum Gasteiger partial charge on any atom is 0.0499 e. The van der Waals surface area contributed by atoms with E-state index in [1.807, 2.05) is 6.92 Å². The highest BCUT2D eigenvalue weighted by Gasteiger charge is 2.18. The van der Waals surface area contributed by atoms with Gasteiger partial charge >= 0.3 is 0 Å². The number of hydrogen-bond donors (Lipinski definition) is 0. The smallest absolute Gasteiger partial charge is 0.0499 e. The number of aromatic nitrogens is 1. The second-order valence-corrected chi connectivity index (χ2v) is 6.50. The number of rotatable bonds is 4. The molecule has 3 aromatic rings. The maximum absolute atomic E-state index is 2.44. The van der Waals surface area contributed by atoms with Crippen molar-refractivity contribution < 1.29 is 0 Å². The Bertz CT molecular complexity index is 893. The van der Waals surface area contributed by atoms with E-state index in [1.54, 1.807) is 0 Å². The molecule has 1 aromatic heterocycles. The Kier molecular flexibility index (Phi) is 4.71. The van der Waals surface area contributed by atoms with E-state index in [1.165, 1.54) is 33.3 Å². The van der Waals surface area contributed by atoms with Crippen molar-refractivity contribution in [2.45, 2.75) is 33.7 Å². The molecule has 0 aliphatic rings. The molecule has 3 rings (SSSR count). The summed E-state index contributed by atoms with van der Waals surface area (Å²) in [6.45, 7) is 8.71. The van der Waals surface area contributed by atoms with Crippen molar-refractivity contribution in [2.24, 2.45) is 0 Å². The van der Waals surface area contributed by atoms with E-state index in [-0.39, 0.29) is 0 Å². The van der Waals surface area contributed by atoms with Gasteiger partial charge in [-0.15, -0.1) is 0 Å². The van der Waals surface area contributed by atoms with Crippen LogP contribution in [0.3, 0.4) is 0 Å². The second kappa shape index (κ2) is 6.92. The molecule has 1 nitrogen and oxygen atoms in total. The van der Waals surface area contributed by atoms with E-state index >= 15 is 0 Å². The third-order valence-corrected chi connectivity index (χ3v) is 4.33. The molecule has 0 saturated carbocycles. The number of hydrogen-bond acceptors (Lipinski definition) is 0. The monoisotopic (exact) mass is 315 g/mol. The molecule has 0 radical (unpaired) electrons. The van der Waals surface area contributed by atoms with Crippen molar-refractivity contribution in [3.05, 3.63) is 78.0 Å². The molecule has 1 heteroatoms. The predicted molar refractivity (Wildman–Crippen MR) is 106 cm³/mol. The molecule has 24 heavy (non-hydrogen) atoms. The number of nitrogens with zero attached hydrogens (tertiary/aromatic N) is 1. The third-order valence-electron chi connectivity index (χ3n) is 4.33.